The molecule has 0 radical (unpaired) electrons. The van der Waals surface area contributed by atoms with E-state index in [-0.39, 0.29) is 17.4 Å². The number of ether oxygens (including phenoxy) is 2. The van der Waals surface area contributed by atoms with E-state index in [2.05, 4.69) is 9.84 Å². The van der Waals surface area contributed by atoms with E-state index in [1.165, 1.54) is 37.1 Å². The number of rotatable bonds is 13. The molecule has 1 unspecified atom stereocenters. The van der Waals surface area contributed by atoms with Crippen LogP contribution in [0.15, 0.2) is 44.9 Å². The highest BCUT2D eigenvalue weighted by molar-refractivity contribution is 6.40. The molecular formula is C20H32ClN3O10. The third-order valence-corrected chi connectivity index (χ3v) is 4.76. The number of aldehydes is 1. The van der Waals surface area contributed by atoms with E-state index < -0.39 is 41.2 Å². The van der Waals surface area contributed by atoms with Gasteiger partial charge >= 0.3 is 17.9 Å². The first-order valence-electron chi connectivity index (χ1n) is 9.82. The predicted octanol–water partition coefficient (Wildman–Crippen LogP) is 0.205. The van der Waals surface area contributed by atoms with Gasteiger partial charge in [0, 0.05) is 17.8 Å². The molecule has 0 heterocycles. The summed E-state index contributed by atoms with van der Waals surface area (Å²) >= 11 is 5.82. The highest BCUT2D eigenvalue weighted by Crippen LogP contribution is 2.24. The summed E-state index contributed by atoms with van der Waals surface area (Å²) in [6, 6.07) is 0. The van der Waals surface area contributed by atoms with Gasteiger partial charge in [-0.1, -0.05) is 29.8 Å². The number of allylic oxidation sites excluding steroid dienone is 3. The van der Waals surface area contributed by atoms with Crippen molar-refractivity contribution in [2.45, 2.75) is 58.0 Å². The standard InChI is InChI=1S/C20H32ClN3O10/c1-7-14(12-33-20(30,31)19(28,29)23-32)9-8-13(2)18(26,27)34-16(15(21)11-25)10-22-24(6)17(3,4)5/h7-11,13,26-31H,12H2,1-6H3/b9-8-,14-7+,16-15-,22-10-. The Kier molecular flexibility index (Phi) is 11.6. The Balaban J connectivity index is 5.51. The van der Waals surface area contributed by atoms with Crippen molar-refractivity contribution in [3.05, 3.63) is 39.5 Å². The maximum atomic E-state index is 11.1. The first kappa shape index (κ1) is 31.8. The molecule has 0 aromatic carbocycles. The monoisotopic (exact) mass is 509 g/mol. The third kappa shape index (κ3) is 9.56. The lowest BCUT2D eigenvalue weighted by Gasteiger charge is -2.30. The fourth-order valence-electron chi connectivity index (χ4n) is 1.72. The predicted molar refractivity (Wildman–Crippen MR) is 121 cm³/mol. The number of carbonyl (C=O) groups excluding carboxylic acids is 1. The van der Waals surface area contributed by atoms with Crippen molar-refractivity contribution in [1.82, 2.24) is 5.01 Å². The molecule has 0 amide bonds. The van der Waals surface area contributed by atoms with Crippen LogP contribution in [0.5, 0.6) is 0 Å². The minimum absolute atomic E-state index is 0.187. The fraction of sp³-hybridized carbons (Fsp3) is 0.600. The van der Waals surface area contributed by atoms with E-state index in [1.807, 2.05) is 20.8 Å². The van der Waals surface area contributed by atoms with Crippen LogP contribution in [0.3, 0.4) is 0 Å². The lowest BCUT2D eigenvalue weighted by atomic mass is 10.1. The molecule has 0 fully saturated rings. The lowest BCUT2D eigenvalue weighted by molar-refractivity contribution is -0.455. The van der Waals surface area contributed by atoms with E-state index in [9.17, 15) is 30.1 Å². The van der Waals surface area contributed by atoms with Crippen molar-refractivity contribution in [1.29, 1.82) is 0 Å². The van der Waals surface area contributed by atoms with Crippen LogP contribution in [0.1, 0.15) is 34.6 Å². The lowest BCUT2D eigenvalue weighted by Crippen LogP contribution is -2.55. The molecule has 0 aliphatic carbocycles. The fourth-order valence-corrected chi connectivity index (χ4v) is 1.81. The number of nitroso groups, excluding NO2 is 1. The Morgan fingerprint density at radius 3 is 2.15 bits per heavy atom. The molecule has 0 saturated heterocycles. The zero-order chi connectivity index (χ0) is 27.0. The molecule has 14 heteroatoms. The van der Waals surface area contributed by atoms with Crippen molar-refractivity contribution >= 4 is 24.1 Å². The van der Waals surface area contributed by atoms with Gasteiger partial charge in [-0.2, -0.15) is 5.10 Å². The maximum absolute atomic E-state index is 11.1. The number of aliphatic hydroxyl groups is 6. The second-order valence-electron chi connectivity index (χ2n) is 8.16. The van der Waals surface area contributed by atoms with E-state index in [1.54, 1.807) is 12.2 Å². The minimum atomic E-state index is -3.83. The zero-order valence-corrected chi connectivity index (χ0v) is 20.5. The van der Waals surface area contributed by atoms with Crippen molar-refractivity contribution in [3.8, 4) is 0 Å². The van der Waals surface area contributed by atoms with Crippen LogP contribution < -0.4 is 0 Å². The molecule has 6 N–H and O–H groups in total. The number of hydrazone groups is 1. The largest absolute Gasteiger partial charge is 0.435 e. The SMILES string of the molecule is C/C=C(\C=C/C(C)C(O)(O)OC(/C=N\N(C)C(C)(C)C)=C(\Cl)C=O)COC(O)(O)C(O)(O)N=O. The Morgan fingerprint density at radius 2 is 1.71 bits per heavy atom. The van der Waals surface area contributed by atoms with Gasteiger partial charge in [0.25, 0.3) is 0 Å². The van der Waals surface area contributed by atoms with Gasteiger partial charge in [-0.25, -0.2) is 0 Å². The topological polar surface area (TPSA) is 202 Å². The molecule has 0 spiro atoms. The Morgan fingerprint density at radius 1 is 1.15 bits per heavy atom. The van der Waals surface area contributed by atoms with Crippen LogP contribution in [0.25, 0.3) is 0 Å². The van der Waals surface area contributed by atoms with Crippen LogP contribution in [0.4, 0.5) is 0 Å². The zero-order valence-electron chi connectivity index (χ0n) is 19.7. The Labute approximate surface area is 201 Å². The van der Waals surface area contributed by atoms with Gasteiger partial charge in [0.2, 0.25) is 0 Å². The van der Waals surface area contributed by atoms with E-state index >= 15 is 0 Å². The molecule has 0 saturated carbocycles. The van der Waals surface area contributed by atoms with Gasteiger partial charge in [-0.3, -0.25) is 9.80 Å². The summed E-state index contributed by atoms with van der Waals surface area (Å²) < 4.78 is 9.62. The molecule has 34 heavy (non-hydrogen) atoms. The summed E-state index contributed by atoms with van der Waals surface area (Å²) in [6.45, 7) is 7.79. The molecule has 0 aliphatic heterocycles. The second kappa shape index (κ2) is 12.5. The number of halogens is 1. The van der Waals surface area contributed by atoms with Crippen molar-refractivity contribution in [2.75, 3.05) is 13.7 Å². The normalized spacial score (nSPS) is 16.0. The molecule has 0 rings (SSSR count). The smallest absolute Gasteiger partial charge is 0.387 e. The summed E-state index contributed by atoms with van der Waals surface area (Å²) in [4.78, 5) is 21.4. The molecule has 0 aromatic rings. The summed E-state index contributed by atoms with van der Waals surface area (Å²) in [5.41, 5.74) is -0.202. The van der Waals surface area contributed by atoms with Gasteiger partial charge in [0.15, 0.2) is 12.0 Å². The van der Waals surface area contributed by atoms with Crippen LogP contribution in [-0.4, -0.2) is 85.2 Å². The van der Waals surface area contributed by atoms with Gasteiger partial charge in [-0.15, -0.1) is 4.91 Å². The molecule has 0 aliphatic rings. The van der Waals surface area contributed by atoms with E-state index in [0.29, 0.717) is 0 Å². The van der Waals surface area contributed by atoms with Crippen molar-refractivity contribution in [3.63, 3.8) is 0 Å². The first-order chi connectivity index (χ1) is 15.3. The molecule has 194 valence electrons. The summed E-state index contributed by atoms with van der Waals surface area (Å²) in [7, 11) is 1.65. The highest BCUT2D eigenvalue weighted by atomic mass is 35.5. The maximum Gasteiger partial charge on any atom is 0.387 e. The van der Waals surface area contributed by atoms with Crippen LogP contribution in [0.2, 0.25) is 0 Å². The highest BCUT2D eigenvalue weighted by Gasteiger charge is 2.52. The average Bonchev–Trinajstić information content (AvgIpc) is 2.74. The van der Waals surface area contributed by atoms with Gasteiger partial charge in [0.05, 0.1) is 18.7 Å². The third-order valence-electron chi connectivity index (χ3n) is 4.49. The quantitative estimate of drug-likeness (QED) is 0.0289. The summed E-state index contributed by atoms with van der Waals surface area (Å²) in [6.07, 6.45) is 5.18. The van der Waals surface area contributed by atoms with E-state index in [4.69, 9.17) is 26.6 Å². The molecular weight excluding hydrogens is 478 g/mol. The summed E-state index contributed by atoms with van der Waals surface area (Å²) in [5.74, 6) is -12.0. The molecule has 1 atom stereocenters. The van der Waals surface area contributed by atoms with Crippen molar-refractivity contribution < 1.29 is 44.9 Å². The van der Waals surface area contributed by atoms with Gasteiger partial charge in [0.1, 0.15) is 5.03 Å². The summed E-state index contributed by atoms with van der Waals surface area (Å²) in [5, 5.41) is 64.7. The molecule has 13 nitrogen and oxygen atoms in total. The number of carbonyl (C=O) groups is 1. The molecule has 0 bridgehead atoms. The van der Waals surface area contributed by atoms with E-state index in [0.717, 1.165) is 6.21 Å². The van der Waals surface area contributed by atoms with Crippen LogP contribution in [-0.2, 0) is 14.3 Å². The molecule has 0 aromatic heterocycles. The average molecular weight is 510 g/mol. The van der Waals surface area contributed by atoms with Crippen molar-refractivity contribution in [2.24, 2.45) is 16.2 Å². The van der Waals surface area contributed by atoms with Crippen LogP contribution >= 0.6 is 11.6 Å². The second-order valence-corrected chi connectivity index (χ2v) is 8.57. The first-order valence-corrected chi connectivity index (χ1v) is 10.2. The Hall–Kier alpha value is -2.23. The number of nitrogens with zero attached hydrogens (tertiary/aromatic N) is 3. The number of hydrogen-bond acceptors (Lipinski definition) is 13. The van der Waals surface area contributed by atoms with Gasteiger partial charge in [-0.05, 0) is 40.2 Å². The van der Waals surface area contributed by atoms with Gasteiger partial charge < -0.3 is 40.1 Å². The minimum Gasteiger partial charge on any atom is -0.435 e. The van der Waals surface area contributed by atoms with Crippen LogP contribution in [0, 0.1) is 10.8 Å². The number of hydrogen-bond donors (Lipinski definition) is 6. The Bertz CT molecular complexity index is 829.